The van der Waals surface area contributed by atoms with Gasteiger partial charge in [0.1, 0.15) is 40.6 Å². The fourth-order valence-corrected chi connectivity index (χ4v) is 4.50. The van der Waals surface area contributed by atoms with E-state index in [1.807, 2.05) is 19.9 Å². The van der Waals surface area contributed by atoms with E-state index in [1.165, 1.54) is 0 Å². The van der Waals surface area contributed by atoms with Gasteiger partial charge in [0, 0.05) is 37.2 Å². The van der Waals surface area contributed by atoms with Crippen molar-refractivity contribution in [3.05, 3.63) is 24.0 Å². The molecule has 3 aliphatic rings. The maximum absolute atomic E-state index is 12.5. The van der Waals surface area contributed by atoms with Gasteiger partial charge in [-0.25, -0.2) is 0 Å². The van der Waals surface area contributed by atoms with Crippen molar-refractivity contribution in [1.29, 1.82) is 0 Å². The molecule has 1 N–H and O–H groups in total. The first kappa shape index (κ1) is 28.4. The SMILES string of the molecule is [B]C1CC(OCC2OC([B])CC2OC(=O)CCC(=O)NC2C(C)=CCC#CC2C)C(COC(=C)C)O1. The summed E-state index contributed by atoms with van der Waals surface area (Å²) in [5, 5.41) is 2.98. The van der Waals surface area contributed by atoms with E-state index in [2.05, 4.69) is 23.7 Å². The minimum absolute atomic E-state index is 0.00399. The highest BCUT2D eigenvalue weighted by molar-refractivity contribution is 6.11. The van der Waals surface area contributed by atoms with Gasteiger partial charge in [0.05, 0.1) is 30.9 Å². The van der Waals surface area contributed by atoms with Gasteiger partial charge < -0.3 is 29.0 Å². The van der Waals surface area contributed by atoms with Crippen LogP contribution in [0.25, 0.3) is 0 Å². The van der Waals surface area contributed by atoms with E-state index in [-0.39, 0.29) is 56.1 Å². The fourth-order valence-electron chi connectivity index (χ4n) is 4.50. The van der Waals surface area contributed by atoms with Crippen LogP contribution in [-0.2, 0) is 33.3 Å². The Balaban J connectivity index is 1.44. The van der Waals surface area contributed by atoms with Gasteiger partial charge in [-0.05, 0) is 27.2 Å². The van der Waals surface area contributed by atoms with Crippen LogP contribution in [0.2, 0.25) is 0 Å². The van der Waals surface area contributed by atoms with E-state index in [9.17, 15) is 9.59 Å². The number of nitrogens with one attached hydrogen (secondary N) is 1. The van der Waals surface area contributed by atoms with E-state index >= 15 is 0 Å². The van der Waals surface area contributed by atoms with Crippen LogP contribution in [0.4, 0.5) is 0 Å². The molecule has 0 aromatic rings. The summed E-state index contributed by atoms with van der Waals surface area (Å²) in [6.45, 7) is 9.85. The zero-order valence-corrected chi connectivity index (χ0v) is 21.4. The third kappa shape index (κ3) is 8.43. The smallest absolute Gasteiger partial charge is 0.306 e. The van der Waals surface area contributed by atoms with E-state index < -0.39 is 30.2 Å². The Morgan fingerprint density at radius 1 is 1.14 bits per heavy atom. The summed E-state index contributed by atoms with van der Waals surface area (Å²) in [6.07, 6.45) is 1.77. The largest absolute Gasteiger partial charge is 0.496 e. The molecular formula is C26H35B2NO7. The lowest BCUT2D eigenvalue weighted by Gasteiger charge is -2.24. The Kier molecular flexibility index (Phi) is 10.5. The minimum Gasteiger partial charge on any atom is -0.496 e. The van der Waals surface area contributed by atoms with Gasteiger partial charge in [-0.15, -0.1) is 0 Å². The summed E-state index contributed by atoms with van der Waals surface area (Å²) in [7, 11) is 11.9. The molecule has 0 aromatic heterocycles. The first-order valence-corrected chi connectivity index (χ1v) is 12.5. The summed E-state index contributed by atoms with van der Waals surface area (Å²) in [5.74, 6) is 6.07. The molecule has 4 radical (unpaired) electrons. The number of allylic oxidation sites excluding steroid dienone is 2. The van der Waals surface area contributed by atoms with Crippen molar-refractivity contribution >= 4 is 27.6 Å². The van der Waals surface area contributed by atoms with Gasteiger partial charge in [-0.3, -0.25) is 9.59 Å². The van der Waals surface area contributed by atoms with Gasteiger partial charge >= 0.3 is 5.97 Å². The van der Waals surface area contributed by atoms with Crippen molar-refractivity contribution < 1.29 is 33.3 Å². The van der Waals surface area contributed by atoms with E-state index in [4.69, 9.17) is 39.4 Å². The summed E-state index contributed by atoms with van der Waals surface area (Å²) in [5.41, 5.74) is 1.05. The molecule has 8 unspecified atom stereocenters. The maximum Gasteiger partial charge on any atom is 0.306 e. The molecule has 2 aliphatic heterocycles. The summed E-state index contributed by atoms with van der Waals surface area (Å²) >= 11 is 0. The molecule has 36 heavy (non-hydrogen) atoms. The zero-order valence-electron chi connectivity index (χ0n) is 21.4. The Morgan fingerprint density at radius 3 is 2.50 bits per heavy atom. The van der Waals surface area contributed by atoms with Gasteiger partial charge in [-0.2, -0.15) is 0 Å². The van der Waals surface area contributed by atoms with Crippen molar-refractivity contribution in [2.75, 3.05) is 13.2 Å². The third-order valence-corrected chi connectivity index (χ3v) is 6.43. The lowest BCUT2D eigenvalue weighted by Crippen LogP contribution is -2.40. The summed E-state index contributed by atoms with van der Waals surface area (Å²) in [6, 6.07) is -1.19. The molecule has 1 aliphatic carbocycles. The van der Waals surface area contributed by atoms with Crippen molar-refractivity contribution in [3.8, 4) is 11.8 Å². The maximum atomic E-state index is 12.5. The van der Waals surface area contributed by atoms with Crippen LogP contribution in [0.5, 0.6) is 0 Å². The number of carbonyl (C=O) groups is 2. The molecule has 0 bridgehead atoms. The number of esters is 1. The van der Waals surface area contributed by atoms with Crippen molar-refractivity contribution in [1.82, 2.24) is 5.32 Å². The number of carbonyl (C=O) groups excluding carboxylic acids is 2. The quantitative estimate of drug-likeness (QED) is 0.153. The predicted octanol–water partition coefficient (Wildman–Crippen LogP) is 1.66. The first-order chi connectivity index (χ1) is 17.1. The van der Waals surface area contributed by atoms with Gasteiger partial charge in [0.2, 0.25) is 5.91 Å². The molecule has 0 spiro atoms. The molecule has 2 heterocycles. The van der Waals surface area contributed by atoms with Crippen LogP contribution >= 0.6 is 0 Å². The molecule has 3 rings (SSSR count). The molecule has 10 heteroatoms. The van der Waals surface area contributed by atoms with Crippen LogP contribution < -0.4 is 5.32 Å². The predicted molar refractivity (Wildman–Crippen MR) is 135 cm³/mol. The van der Waals surface area contributed by atoms with E-state index in [0.29, 0.717) is 25.0 Å². The number of rotatable bonds is 11. The summed E-state index contributed by atoms with van der Waals surface area (Å²) in [4.78, 5) is 25.0. The van der Waals surface area contributed by atoms with Crippen molar-refractivity contribution in [3.63, 3.8) is 0 Å². The first-order valence-electron chi connectivity index (χ1n) is 12.5. The molecule has 0 aromatic carbocycles. The lowest BCUT2D eigenvalue weighted by atomic mass is 9.95. The Morgan fingerprint density at radius 2 is 1.81 bits per heavy atom. The monoisotopic (exact) mass is 495 g/mol. The second kappa shape index (κ2) is 13.4. The minimum atomic E-state index is -0.572. The molecular weight excluding hydrogens is 460 g/mol. The average Bonchev–Trinajstić information content (AvgIpc) is 3.30. The van der Waals surface area contributed by atoms with Gasteiger partial charge in [-0.1, -0.05) is 30.1 Å². The topological polar surface area (TPSA) is 92.3 Å². The molecule has 8 atom stereocenters. The second-order valence-electron chi connectivity index (χ2n) is 9.62. The van der Waals surface area contributed by atoms with Gasteiger partial charge in [0.15, 0.2) is 0 Å². The van der Waals surface area contributed by atoms with E-state index in [1.54, 1.807) is 6.92 Å². The van der Waals surface area contributed by atoms with Crippen LogP contribution in [0.15, 0.2) is 24.0 Å². The van der Waals surface area contributed by atoms with Crippen molar-refractivity contribution in [2.45, 2.75) is 95.3 Å². The highest BCUT2D eigenvalue weighted by atomic mass is 16.6. The van der Waals surface area contributed by atoms with Crippen LogP contribution in [0, 0.1) is 17.8 Å². The molecule has 192 valence electrons. The fraction of sp³-hybridized carbons (Fsp3) is 0.692. The molecule has 2 fully saturated rings. The van der Waals surface area contributed by atoms with Crippen molar-refractivity contribution in [2.24, 2.45) is 5.92 Å². The normalized spacial score (nSPS) is 33.6. The molecule has 2 saturated heterocycles. The highest BCUT2D eigenvalue weighted by Crippen LogP contribution is 2.27. The molecule has 1 amide bonds. The number of amides is 1. The third-order valence-electron chi connectivity index (χ3n) is 6.43. The second-order valence-corrected chi connectivity index (χ2v) is 9.62. The Bertz CT molecular complexity index is 898. The molecule has 0 saturated carbocycles. The van der Waals surface area contributed by atoms with Crippen LogP contribution in [-0.4, -0.2) is 83.2 Å². The Hall–Kier alpha value is -2.21. The zero-order chi connectivity index (χ0) is 26.2. The van der Waals surface area contributed by atoms with Gasteiger partial charge in [0.25, 0.3) is 0 Å². The number of hydrogen-bond acceptors (Lipinski definition) is 7. The highest BCUT2D eigenvalue weighted by Gasteiger charge is 2.39. The standard InChI is InChI=1S/C26H35B2NO7/c1-15(2)32-13-20-18(11-22(27)34-20)33-14-21-19(12-23(28)35-21)36-25(31)10-9-24(30)29-26-16(3)7-5-6-8-17(26)4/h7,17-23,26H,1,5,9-14H2,2-4H3,(H,29,30). The van der Waals surface area contributed by atoms with Crippen LogP contribution in [0.1, 0.15) is 52.9 Å². The molecule has 8 nitrogen and oxygen atoms in total. The average molecular weight is 495 g/mol. The summed E-state index contributed by atoms with van der Waals surface area (Å²) < 4.78 is 28.5. The number of hydrogen-bond donors (Lipinski definition) is 1. The number of ether oxygens (including phenoxy) is 5. The lowest BCUT2D eigenvalue weighted by molar-refractivity contribution is -0.155. The Labute approximate surface area is 216 Å². The van der Waals surface area contributed by atoms with E-state index in [0.717, 1.165) is 5.57 Å². The van der Waals surface area contributed by atoms with Crippen LogP contribution in [0.3, 0.4) is 0 Å².